The molecule has 1 radical (unpaired) electrons. The van der Waals surface area contributed by atoms with Crippen molar-refractivity contribution in [3.05, 3.63) is 26.2 Å². The van der Waals surface area contributed by atoms with Gasteiger partial charge in [0.15, 0.2) is 0 Å². The predicted octanol–water partition coefficient (Wildman–Crippen LogP) is 4.44. The Kier molecular flexibility index (Phi) is 2.76. The lowest BCUT2D eigenvalue weighted by Crippen LogP contribution is -1.74. The van der Waals surface area contributed by atoms with E-state index in [0.717, 1.165) is 0 Å². The minimum absolute atomic E-state index is 0.0962. The van der Waals surface area contributed by atoms with E-state index < -0.39 is 5.75 Å². The van der Waals surface area contributed by atoms with Gasteiger partial charge in [-0.3, -0.25) is 5.11 Å². The summed E-state index contributed by atoms with van der Waals surface area (Å²) < 4.78 is 0. The van der Waals surface area contributed by atoms with Crippen molar-refractivity contribution in [1.82, 2.24) is 0 Å². The molecule has 0 spiro atoms. The lowest BCUT2D eigenvalue weighted by molar-refractivity contribution is 0.355. The molecular weight excluding hydrogens is 230 g/mol. The Morgan fingerprint density at radius 1 is 0.909 bits per heavy atom. The smallest absolute Gasteiger partial charge is 0.218 e. The third kappa shape index (κ3) is 1.67. The van der Waals surface area contributed by atoms with Gasteiger partial charge in [-0.15, -0.1) is 0 Å². The van der Waals surface area contributed by atoms with Gasteiger partial charge in [0.2, 0.25) is 5.75 Å². The summed E-state index contributed by atoms with van der Waals surface area (Å²) in [5.74, 6) is -0.536. The first-order chi connectivity index (χ1) is 5.04. The molecule has 0 aliphatic carbocycles. The maximum Gasteiger partial charge on any atom is 0.218 e. The minimum Gasteiger partial charge on any atom is -0.286 e. The largest absolute Gasteiger partial charge is 0.286 e. The zero-order chi connectivity index (χ0) is 8.59. The highest BCUT2D eigenvalue weighted by Gasteiger charge is 2.13. The second-order valence-electron chi connectivity index (χ2n) is 1.80. The van der Waals surface area contributed by atoms with Gasteiger partial charge in [-0.2, -0.15) is 0 Å². The van der Waals surface area contributed by atoms with Gasteiger partial charge in [-0.25, -0.2) is 0 Å². The molecule has 0 N–H and O–H groups in total. The summed E-state index contributed by atoms with van der Waals surface area (Å²) in [6, 6.07) is 1.33. The summed E-state index contributed by atoms with van der Waals surface area (Å²) in [4.78, 5) is 0. The SMILES string of the molecule is [O]c1c(Cl)c(Cl)cc(Cl)c1Cl. The molecule has 1 nitrogen and oxygen atoms in total. The van der Waals surface area contributed by atoms with Crippen molar-refractivity contribution >= 4 is 46.4 Å². The van der Waals surface area contributed by atoms with Crippen molar-refractivity contribution in [3.8, 4) is 5.75 Å². The summed E-state index contributed by atoms with van der Waals surface area (Å²) in [6.07, 6.45) is 0. The highest BCUT2D eigenvalue weighted by Crippen LogP contribution is 2.42. The zero-order valence-corrected chi connectivity index (χ0v) is 8.02. The van der Waals surface area contributed by atoms with Gasteiger partial charge in [0.1, 0.15) is 10.0 Å². The molecule has 0 saturated heterocycles. The molecule has 0 aliphatic rings. The first kappa shape index (κ1) is 9.27. The molecule has 0 bridgehead atoms. The lowest BCUT2D eigenvalue weighted by atomic mass is 10.3. The maximum atomic E-state index is 11.0. The normalized spacial score (nSPS) is 10.2. The Labute approximate surface area is 83.4 Å². The molecule has 0 heterocycles. The minimum atomic E-state index is -0.536. The van der Waals surface area contributed by atoms with E-state index in [-0.39, 0.29) is 20.1 Å². The van der Waals surface area contributed by atoms with E-state index >= 15 is 0 Å². The van der Waals surface area contributed by atoms with Gasteiger partial charge < -0.3 is 0 Å². The number of hydrogen-bond donors (Lipinski definition) is 0. The quantitative estimate of drug-likeness (QED) is 0.588. The summed E-state index contributed by atoms with van der Waals surface area (Å²) in [6.45, 7) is 0. The molecule has 0 amide bonds. The van der Waals surface area contributed by atoms with E-state index in [2.05, 4.69) is 0 Å². The number of hydrogen-bond acceptors (Lipinski definition) is 0. The number of rotatable bonds is 0. The average molecular weight is 231 g/mol. The molecule has 1 rings (SSSR count). The van der Waals surface area contributed by atoms with Gasteiger partial charge in [0.05, 0.1) is 10.0 Å². The van der Waals surface area contributed by atoms with Crippen LogP contribution in [0.3, 0.4) is 0 Å². The van der Waals surface area contributed by atoms with Crippen molar-refractivity contribution in [1.29, 1.82) is 0 Å². The van der Waals surface area contributed by atoms with Crippen LogP contribution in [0.5, 0.6) is 5.75 Å². The molecule has 11 heavy (non-hydrogen) atoms. The van der Waals surface area contributed by atoms with Crippen LogP contribution >= 0.6 is 46.4 Å². The summed E-state index contributed by atoms with van der Waals surface area (Å²) in [5.41, 5.74) is 0. The highest BCUT2D eigenvalue weighted by atomic mass is 35.5. The summed E-state index contributed by atoms with van der Waals surface area (Å²) >= 11 is 22.0. The zero-order valence-electron chi connectivity index (χ0n) is 5.00. The Morgan fingerprint density at radius 3 is 1.64 bits per heavy atom. The monoisotopic (exact) mass is 229 g/mol. The second-order valence-corrected chi connectivity index (χ2v) is 3.37. The first-order valence-corrected chi connectivity index (χ1v) is 4.05. The molecule has 0 aromatic heterocycles. The van der Waals surface area contributed by atoms with Crippen LogP contribution in [0.1, 0.15) is 0 Å². The van der Waals surface area contributed by atoms with E-state index in [9.17, 15) is 5.11 Å². The van der Waals surface area contributed by atoms with Crippen LogP contribution in [-0.2, 0) is 5.11 Å². The van der Waals surface area contributed by atoms with Crippen LogP contribution in [-0.4, -0.2) is 0 Å². The van der Waals surface area contributed by atoms with Crippen molar-refractivity contribution in [3.63, 3.8) is 0 Å². The molecule has 1 aromatic rings. The van der Waals surface area contributed by atoms with Crippen LogP contribution in [0.25, 0.3) is 0 Å². The van der Waals surface area contributed by atoms with Crippen LogP contribution in [0.2, 0.25) is 20.1 Å². The molecule has 0 aliphatic heterocycles. The van der Waals surface area contributed by atoms with Crippen LogP contribution in [0.15, 0.2) is 6.07 Å². The molecule has 59 valence electrons. The lowest BCUT2D eigenvalue weighted by Gasteiger charge is -2.00. The van der Waals surface area contributed by atoms with E-state index in [0.29, 0.717) is 0 Å². The standard InChI is InChI=1S/C6HCl4O/c7-2-1-3(8)5(10)6(11)4(2)9/h1H. The van der Waals surface area contributed by atoms with Gasteiger partial charge in [-0.1, -0.05) is 46.4 Å². The average Bonchev–Trinajstić information content (AvgIpc) is 1.97. The van der Waals surface area contributed by atoms with Gasteiger partial charge >= 0.3 is 0 Å². The van der Waals surface area contributed by atoms with Gasteiger partial charge in [0, 0.05) is 0 Å². The molecule has 0 unspecified atom stereocenters. The second kappa shape index (κ2) is 3.28. The van der Waals surface area contributed by atoms with Crippen LogP contribution < -0.4 is 0 Å². The van der Waals surface area contributed by atoms with Gasteiger partial charge in [-0.05, 0) is 6.07 Å². The van der Waals surface area contributed by atoms with E-state index in [4.69, 9.17) is 46.4 Å². The fourth-order valence-electron chi connectivity index (χ4n) is 0.551. The molecule has 1 aromatic carbocycles. The van der Waals surface area contributed by atoms with E-state index in [1.165, 1.54) is 6.07 Å². The van der Waals surface area contributed by atoms with Crippen LogP contribution in [0, 0.1) is 0 Å². The molecule has 0 atom stereocenters. The van der Waals surface area contributed by atoms with Crippen molar-refractivity contribution < 1.29 is 5.11 Å². The van der Waals surface area contributed by atoms with Crippen LogP contribution in [0.4, 0.5) is 0 Å². The molecule has 0 saturated carbocycles. The predicted molar refractivity (Wildman–Crippen MR) is 46.6 cm³/mol. The van der Waals surface area contributed by atoms with Crippen molar-refractivity contribution in [2.75, 3.05) is 0 Å². The third-order valence-electron chi connectivity index (χ3n) is 1.07. The van der Waals surface area contributed by atoms with Gasteiger partial charge in [0.25, 0.3) is 0 Å². The molecular formula is C6HCl4O. The summed E-state index contributed by atoms with van der Waals surface area (Å²) in [7, 11) is 0. The maximum absolute atomic E-state index is 11.0. The number of halogens is 4. The topological polar surface area (TPSA) is 19.9 Å². The Morgan fingerprint density at radius 2 is 1.27 bits per heavy atom. The Bertz CT molecular complexity index is 271. The molecule has 0 fully saturated rings. The summed E-state index contributed by atoms with van der Waals surface area (Å²) in [5, 5.41) is 11.0. The van der Waals surface area contributed by atoms with Crippen molar-refractivity contribution in [2.24, 2.45) is 0 Å². The number of benzene rings is 1. The highest BCUT2D eigenvalue weighted by molar-refractivity contribution is 6.48. The Balaban J connectivity index is 3.46. The fourth-order valence-corrected chi connectivity index (χ4v) is 1.34. The van der Waals surface area contributed by atoms with E-state index in [1.54, 1.807) is 0 Å². The van der Waals surface area contributed by atoms with E-state index in [1.807, 2.05) is 0 Å². The van der Waals surface area contributed by atoms with Crippen molar-refractivity contribution in [2.45, 2.75) is 0 Å². The molecule has 5 heteroatoms. The Hall–Kier alpha value is 0.180. The first-order valence-electron chi connectivity index (χ1n) is 2.54. The fraction of sp³-hybridized carbons (Fsp3) is 0. The third-order valence-corrected chi connectivity index (χ3v) is 2.61.